The fourth-order valence-electron chi connectivity index (χ4n) is 2.93. The molecule has 0 amide bonds. The fraction of sp³-hybridized carbons (Fsp3) is 0.333. The van der Waals surface area contributed by atoms with Gasteiger partial charge in [-0.1, -0.05) is 30.3 Å². The molecule has 2 aromatic carbocycles. The molecule has 0 fully saturated rings. The van der Waals surface area contributed by atoms with Gasteiger partial charge in [0.1, 0.15) is 17.6 Å². The molecule has 0 radical (unpaired) electrons. The van der Waals surface area contributed by atoms with E-state index in [-0.39, 0.29) is 6.10 Å². The monoisotopic (exact) mass is 283 g/mol. The highest BCUT2D eigenvalue weighted by molar-refractivity contribution is 5.44. The molecule has 3 nitrogen and oxygen atoms in total. The van der Waals surface area contributed by atoms with Crippen LogP contribution in [0.3, 0.4) is 0 Å². The first kappa shape index (κ1) is 14.0. The van der Waals surface area contributed by atoms with E-state index < -0.39 is 0 Å². The highest BCUT2D eigenvalue weighted by Crippen LogP contribution is 2.37. The first-order chi connectivity index (χ1) is 10.3. The number of nitrogens with one attached hydrogen (secondary N) is 1. The average molecular weight is 283 g/mol. The van der Waals surface area contributed by atoms with Crippen molar-refractivity contribution in [3.63, 3.8) is 0 Å². The molecule has 0 saturated heterocycles. The molecule has 0 bridgehead atoms. The van der Waals surface area contributed by atoms with Gasteiger partial charge in [0.25, 0.3) is 0 Å². The van der Waals surface area contributed by atoms with Crippen molar-refractivity contribution >= 4 is 0 Å². The van der Waals surface area contributed by atoms with Crippen LogP contribution in [0.1, 0.15) is 23.6 Å². The van der Waals surface area contributed by atoms with Gasteiger partial charge in [0, 0.05) is 24.4 Å². The van der Waals surface area contributed by atoms with Gasteiger partial charge < -0.3 is 14.8 Å². The quantitative estimate of drug-likeness (QED) is 0.933. The van der Waals surface area contributed by atoms with Crippen LogP contribution in [0.5, 0.6) is 11.5 Å². The van der Waals surface area contributed by atoms with E-state index >= 15 is 0 Å². The molecular weight excluding hydrogens is 262 g/mol. The van der Waals surface area contributed by atoms with Gasteiger partial charge >= 0.3 is 0 Å². The van der Waals surface area contributed by atoms with E-state index in [1.807, 2.05) is 25.2 Å². The molecule has 1 N–H and O–H groups in total. The van der Waals surface area contributed by atoms with Gasteiger partial charge in [-0.05, 0) is 30.8 Å². The van der Waals surface area contributed by atoms with Gasteiger partial charge in [0.05, 0.1) is 7.11 Å². The molecular formula is C18H21NO2. The Morgan fingerprint density at radius 2 is 2.00 bits per heavy atom. The summed E-state index contributed by atoms with van der Waals surface area (Å²) < 4.78 is 11.5. The zero-order valence-corrected chi connectivity index (χ0v) is 12.5. The van der Waals surface area contributed by atoms with Crippen molar-refractivity contribution in [2.24, 2.45) is 0 Å². The van der Waals surface area contributed by atoms with E-state index in [9.17, 15) is 0 Å². The molecule has 110 valence electrons. The number of ether oxygens (including phenoxy) is 2. The molecule has 1 heterocycles. The smallest absolute Gasteiger partial charge is 0.124 e. The Hall–Kier alpha value is -2.00. The maximum absolute atomic E-state index is 6.17. The number of benzene rings is 2. The maximum Gasteiger partial charge on any atom is 0.124 e. The number of fused-ring (bicyclic) bond motifs is 1. The second-order valence-electron chi connectivity index (χ2n) is 5.41. The van der Waals surface area contributed by atoms with Crippen molar-refractivity contribution in [2.45, 2.75) is 25.0 Å². The third-order valence-corrected chi connectivity index (χ3v) is 4.04. The van der Waals surface area contributed by atoms with Crippen LogP contribution in [0.15, 0.2) is 48.5 Å². The minimum absolute atomic E-state index is 0.200. The molecule has 0 spiro atoms. The summed E-state index contributed by atoms with van der Waals surface area (Å²) in [5, 5.41) is 3.39. The molecule has 2 aromatic rings. The summed E-state index contributed by atoms with van der Waals surface area (Å²) in [7, 11) is 3.69. The van der Waals surface area contributed by atoms with Crippen LogP contribution in [-0.4, -0.2) is 20.3 Å². The van der Waals surface area contributed by atoms with Crippen LogP contribution in [0, 0.1) is 0 Å². The Morgan fingerprint density at radius 1 is 1.19 bits per heavy atom. The van der Waals surface area contributed by atoms with Crippen molar-refractivity contribution in [3.8, 4) is 11.5 Å². The highest BCUT2D eigenvalue weighted by atomic mass is 16.5. The summed E-state index contributed by atoms with van der Waals surface area (Å²) >= 11 is 0. The minimum Gasteiger partial charge on any atom is -0.497 e. The van der Waals surface area contributed by atoms with Gasteiger partial charge in [-0.15, -0.1) is 0 Å². The molecule has 21 heavy (non-hydrogen) atoms. The van der Waals surface area contributed by atoms with Crippen molar-refractivity contribution in [3.05, 3.63) is 59.7 Å². The fourth-order valence-corrected chi connectivity index (χ4v) is 2.93. The average Bonchev–Trinajstić information content (AvgIpc) is 2.54. The van der Waals surface area contributed by atoms with Crippen molar-refractivity contribution in [2.75, 3.05) is 14.2 Å². The molecule has 3 heteroatoms. The first-order valence-corrected chi connectivity index (χ1v) is 7.36. The van der Waals surface area contributed by atoms with Gasteiger partial charge in [-0.3, -0.25) is 0 Å². The zero-order valence-electron chi connectivity index (χ0n) is 12.5. The largest absolute Gasteiger partial charge is 0.497 e. The summed E-state index contributed by atoms with van der Waals surface area (Å²) in [4.78, 5) is 0. The van der Waals surface area contributed by atoms with Crippen LogP contribution < -0.4 is 14.8 Å². The topological polar surface area (TPSA) is 30.5 Å². The van der Waals surface area contributed by atoms with Crippen molar-refractivity contribution < 1.29 is 9.47 Å². The van der Waals surface area contributed by atoms with E-state index in [1.165, 1.54) is 11.1 Å². The molecule has 3 rings (SSSR count). The summed E-state index contributed by atoms with van der Waals surface area (Å²) in [6.45, 7) is 0. The lowest BCUT2D eigenvalue weighted by Crippen LogP contribution is -2.32. The molecule has 1 aliphatic heterocycles. The highest BCUT2D eigenvalue weighted by Gasteiger charge is 2.27. The van der Waals surface area contributed by atoms with Gasteiger partial charge in [0.15, 0.2) is 0 Å². The lowest BCUT2D eigenvalue weighted by atomic mass is 9.93. The van der Waals surface area contributed by atoms with Crippen LogP contribution in [0.2, 0.25) is 0 Å². The summed E-state index contributed by atoms with van der Waals surface area (Å²) in [6.07, 6.45) is 2.10. The number of hydrogen-bond donors (Lipinski definition) is 1. The zero-order chi connectivity index (χ0) is 14.7. The Morgan fingerprint density at radius 3 is 2.71 bits per heavy atom. The molecule has 2 unspecified atom stereocenters. The van der Waals surface area contributed by atoms with Gasteiger partial charge in [-0.25, -0.2) is 0 Å². The minimum atomic E-state index is 0.200. The number of methoxy groups -OCH3 is 1. The van der Waals surface area contributed by atoms with E-state index in [4.69, 9.17) is 9.47 Å². The molecule has 0 aliphatic carbocycles. The maximum atomic E-state index is 6.17. The summed E-state index contributed by atoms with van der Waals surface area (Å²) in [6, 6.07) is 16.8. The predicted molar refractivity (Wildman–Crippen MR) is 84.0 cm³/mol. The third-order valence-electron chi connectivity index (χ3n) is 4.04. The Labute approximate surface area is 125 Å². The molecule has 0 aromatic heterocycles. The number of rotatable bonds is 4. The predicted octanol–water partition coefficient (Wildman–Crippen LogP) is 3.35. The van der Waals surface area contributed by atoms with Crippen molar-refractivity contribution in [1.82, 2.24) is 5.32 Å². The van der Waals surface area contributed by atoms with E-state index in [1.54, 1.807) is 7.11 Å². The molecule has 1 aliphatic rings. The van der Waals surface area contributed by atoms with E-state index in [0.29, 0.717) is 6.04 Å². The van der Waals surface area contributed by atoms with Crippen LogP contribution in [-0.2, 0) is 6.42 Å². The standard InChI is InChI=1S/C18H21NO2/c1-19-17-12-15(10-13-6-4-3-5-7-13)21-18-9-8-14(20-2)11-16(17)18/h3-9,11,15,17,19H,10,12H2,1-2H3. The van der Waals surface area contributed by atoms with Crippen LogP contribution >= 0.6 is 0 Å². The molecule has 0 saturated carbocycles. The van der Waals surface area contributed by atoms with Gasteiger partial charge in [-0.2, -0.15) is 0 Å². The normalized spacial score (nSPS) is 20.5. The second kappa shape index (κ2) is 6.19. The molecule has 2 atom stereocenters. The Kier molecular flexibility index (Phi) is 4.11. The van der Waals surface area contributed by atoms with Crippen LogP contribution in [0.4, 0.5) is 0 Å². The summed E-state index contributed by atoms with van der Waals surface area (Å²) in [5.74, 6) is 1.83. The van der Waals surface area contributed by atoms with Crippen molar-refractivity contribution in [1.29, 1.82) is 0 Å². The van der Waals surface area contributed by atoms with Crippen LogP contribution in [0.25, 0.3) is 0 Å². The summed E-state index contributed by atoms with van der Waals surface area (Å²) in [5.41, 5.74) is 2.50. The Bertz CT molecular complexity index is 597. The number of hydrogen-bond acceptors (Lipinski definition) is 3. The second-order valence-corrected chi connectivity index (χ2v) is 5.41. The lowest BCUT2D eigenvalue weighted by molar-refractivity contribution is 0.151. The lowest BCUT2D eigenvalue weighted by Gasteiger charge is -2.32. The van der Waals surface area contributed by atoms with E-state index in [0.717, 1.165) is 24.3 Å². The van der Waals surface area contributed by atoms with E-state index in [2.05, 4.69) is 35.6 Å². The third kappa shape index (κ3) is 3.03. The Balaban J connectivity index is 1.82. The SMILES string of the molecule is CNC1CC(Cc2ccccc2)Oc2ccc(OC)cc21. The first-order valence-electron chi connectivity index (χ1n) is 7.36. The van der Waals surface area contributed by atoms with Gasteiger partial charge in [0.2, 0.25) is 0 Å².